The summed E-state index contributed by atoms with van der Waals surface area (Å²) in [7, 11) is 0. The molecule has 0 aliphatic carbocycles. The van der Waals surface area contributed by atoms with Crippen molar-refractivity contribution in [3.63, 3.8) is 0 Å². The first-order chi connectivity index (χ1) is 10.2. The predicted molar refractivity (Wildman–Crippen MR) is 77.9 cm³/mol. The lowest BCUT2D eigenvalue weighted by Crippen LogP contribution is -2.51. The summed E-state index contributed by atoms with van der Waals surface area (Å²) in [5.74, 6) is -0.212. The highest BCUT2D eigenvalue weighted by Gasteiger charge is 2.38. The summed E-state index contributed by atoms with van der Waals surface area (Å²) < 4.78 is 5.19. The Balaban J connectivity index is 1.63. The van der Waals surface area contributed by atoms with Gasteiger partial charge < -0.3 is 15.8 Å². The van der Waals surface area contributed by atoms with Crippen molar-refractivity contribution in [3.8, 4) is 0 Å². The summed E-state index contributed by atoms with van der Waals surface area (Å²) in [5, 5.41) is 10.1. The van der Waals surface area contributed by atoms with Crippen LogP contribution in [0.3, 0.4) is 0 Å². The summed E-state index contributed by atoms with van der Waals surface area (Å²) >= 11 is 1.46. The highest BCUT2D eigenvalue weighted by Crippen LogP contribution is 2.25. The molecule has 0 saturated carbocycles. The van der Waals surface area contributed by atoms with E-state index in [4.69, 9.17) is 10.5 Å². The first-order valence-corrected chi connectivity index (χ1v) is 7.29. The third kappa shape index (κ3) is 3.23. The van der Waals surface area contributed by atoms with Crippen molar-refractivity contribution in [1.29, 1.82) is 0 Å². The number of H-pyrrole nitrogens is 1. The molecule has 2 aromatic rings. The van der Waals surface area contributed by atoms with Gasteiger partial charge in [-0.05, 0) is 30.7 Å². The zero-order valence-electron chi connectivity index (χ0n) is 11.2. The van der Waals surface area contributed by atoms with E-state index in [9.17, 15) is 4.79 Å². The number of aromatic amines is 1. The van der Waals surface area contributed by atoms with Gasteiger partial charge in [0.15, 0.2) is 5.16 Å². The van der Waals surface area contributed by atoms with E-state index in [2.05, 4.69) is 20.5 Å². The third-order valence-electron chi connectivity index (χ3n) is 3.22. The normalized spacial score (nSPS) is 21.4. The van der Waals surface area contributed by atoms with Crippen molar-refractivity contribution in [2.45, 2.75) is 22.0 Å². The van der Waals surface area contributed by atoms with E-state index in [0.29, 0.717) is 18.7 Å². The molecule has 7 nitrogen and oxygen atoms in total. The second-order valence-electron chi connectivity index (χ2n) is 4.83. The topological polar surface area (TPSA) is 106 Å². The van der Waals surface area contributed by atoms with Crippen LogP contribution in [0.2, 0.25) is 0 Å². The molecule has 1 aromatic carbocycles. The van der Waals surface area contributed by atoms with Gasteiger partial charge in [0.25, 0.3) is 0 Å². The lowest BCUT2D eigenvalue weighted by molar-refractivity contribution is -0.121. The molecule has 0 spiro atoms. The Kier molecular flexibility index (Phi) is 3.91. The lowest BCUT2D eigenvalue weighted by Gasteiger charge is -2.20. The van der Waals surface area contributed by atoms with Gasteiger partial charge in [-0.3, -0.25) is 9.89 Å². The number of rotatable bonds is 4. The van der Waals surface area contributed by atoms with Gasteiger partial charge in [-0.25, -0.2) is 4.98 Å². The maximum Gasteiger partial charge on any atom is 0.246 e. The summed E-state index contributed by atoms with van der Waals surface area (Å²) in [4.78, 5) is 17.2. The molecule has 0 radical (unpaired) electrons. The second kappa shape index (κ2) is 5.84. The van der Waals surface area contributed by atoms with Gasteiger partial charge >= 0.3 is 0 Å². The van der Waals surface area contributed by atoms with Gasteiger partial charge in [0.05, 0.1) is 6.61 Å². The van der Waals surface area contributed by atoms with E-state index in [1.807, 2.05) is 24.3 Å². The molecule has 1 aliphatic rings. The number of nitrogens with one attached hydrogen (secondary N) is 2. The Bertz CT molecular complexity index is 608. The van der Waals surface area contributed by atoms with Crippen molar-refractivity contribution in [2.24, 2.45) is 5.73 Å². The van der Waals surface area contributed by atoms with Crippen LogP contribution in [0.4, 0.5) is 5.69 Å². The highest BCUT2D eigenvalue weighted by atomic mass is 32.2. The Morgan fingerprint density at radius 3 is 2.86 bits per heavy atom. The summed E-state index contributed by atoms with van der Waals surface area (Å²) in [6, 6.07) is 7.46. The van der Waals surface area contributed by atoms with Crippen molar-refractivity contribution < 1.29 is 9.53 Å². The fraction of sp³-hybridized carbons (Fsp3) is 0.308. The minimum Gasteiger partial charge on any atom is -0.379 e. The van der Waals surface area contributed by atoms with Crippen molar-refractivity contribution >= 4 is 23.4 Å². The van der Waals surface area contributed by atoms with E-state index < -0.39 is 5.54 Å². The molecule has 1 atom stereocenters. The number of hydrogen-bond donors (Lipinski definition) is 3. The van der Waals surface area contributed by atoms with Crippen LogP contribution in [0.15, 0.2) is 40.6 Å². The molecule has 8 heteroatoms. The van der Waals surface area contributed by atoms with Gasteiger partial charge in [-0.15, -0.1) is 0 Å². The molecule has 1 saturated heterocycles. The van der Waals surface area contributed by atoms with Gasteiger partial charge in [0.1, 0.15) is 11.9 Å². The minimum atomic E-state index is -0.923. The number of benzene rings is 1. The van der Waals surface area contributed by atoms with Crippen LogP contribution in [0.5, 0.6) is 0 Å². The molecule has 4 N–H and O–H groups in total. The van der Waals surface area contributed by atoms with Crippen LogP contribution in [0, 0.1) is 0 Å². The maximum absolute atomic E-state index is 12.1. The highest BCUT2D eigenvalue weighted by molar-refractivity contribution is 7.99. The number of carbonyl (C=O) groups is 1. The monoisotopic (exact) mass is 305 g/mol. The molecular formula is C13H15N5O2S. The number of ether oxygens (including phenoxy) is 1. The SMILES string of the molecule is NC1(C(=O)Nc2ccc(Sc3ncn[nH]3)cc2)CCOC1. The van der Waals surface area contributed by atoms with E-state index in [1.165, 1.54) is 18.1 Å². The fourth-order valence-corrected chi connectivity index (χ4v) is 2.67. The van der Waals surface area contributed by atoms with E-state index in [-0.39, 0.29) is 12.5 Å². The Labute approximate surface area is 125 Å². The average Bonchev–Trinajstić information content (AvgIpc) is 3.13. The quantitative estimate of drug-likeness (QED) is 0.778. The smallest absolute Gasteiger partial charge is 0.246 e. The standard InChI is InChI=1S/C13H15N5O2S/c14-13(5-6-20-7-13)11(19)17-9-1-3-10(4-2-9)21-12-15-8-16-18-12/h1-4,8H,5-7,14H2,(H,17,19)(H,15,16,18). The van der Waals surface area contributed by atoms with Crippen molar-refractivity contribution in [1.82, 2.24) is 15.2 Å². The first-order valence-electron chi connectivity index (χ1n) is 6.47. The number of amides is 1. The van der Waals surface area contributed by atoms with E-state index in [0.717, 1.165) is 10.1 Å². The Hall–Kier alpha value is -1.90. The molecule has 110 valence electrons. The fourth-order valence-electron chi connectivity index (χ4n) is 1.98. The number of hydrogen-bond acceptors (Lipinski definition) is 6. The number of nitrogens with two attached hydrogens (primary N) is 1. The van der Waals surface area contributed by atoms with Gasteiger partial charge in [-0.1, -0.05) is 11.8 Å². The molecule has 21 heavy (non-hydrogen) atoms. The summed E-state index contributed by atoms with van der Waals surface area (Å²) in [6.07, 6.45) is 2.00. The third-order valence-corrected chi connectivity index (χ3v) is 4.12. The zero-order chi connectivity index (χ0) is 14.7. The van der Waals surface area contributed by atoms with Gasteiger partial charge in [0, 0.05) is 17.2 Å². The molecule has 1 unspecified atom stereocenters. The minimum absolute atomic E-state index is 0.212. The average molecular weight is 305 g/mol. The molecule has 1 fully saturated rings. The summed E-state index contributed by atoms with van der Waals surface area (Å²) in [5.41, 5.74) is 5.79. The van der Waals surface area contributed by atoms with Crippen LogP contribution in [-0.4, -0.2) is 39.8 Å². The molecule has 1 aliphatic heterocycles. The summed E-state index contributed by atoms with van der Waals surface area (Å²) in [6.45, 7) is 0.787. The van der Waals surface area contributed by atoms with Crippen LogP contribution in [-0.2, 0) is 9.53 Å². The molecule has 1 amide bonds. The number of anilines is 1. The molecule has 0 bridgehead atoms. The van der Waals surface area contributed by atoms with E-state index in [1.54, 1.807) is 0 Å². The number of carbonyl (C=O) groups excluding carboxylic acids is 1. The molecule has 3 rings (SSSR count). The Morgan fingerprint density at radius 2 is 2.24 bits per heavy atom. The van der Waals surface area contributed by atoms with Crippen molar-refractivity contribution in [3.05, 3.63) is 30.6 Å². The number of aromatic nitrogens is 3. The van der Waals surface area contributed by atoms with Gasteiger partial charge in [0.2, 0.25) is 5.91 Å². The van der Waals surface area contributed by atoms with E-state index >= 15 is 0 Å². The second-order valence-corrected chi connectivity index (χ2v) is 5.89. The van der Waals surface area contributed by atoms with Crippen LogP contribution in [0.1, 0.15) is 6.42 Å². The predicted octanol–water partition coefficient (Wildman–Crippen LogP) is 1.01. The first kappa shape index (κ1) is 14.1. The number of nitrogens with zero attached hydrogens (tertiary/aromatic N) is 2. The Morgan fingerprint density at radius 1 is 1.43 bits per heavy atom. The maximum atomic E-state index is 12.1. The van der Waals surface area contributed by atoms with Crippen molar-refractivity contribution in [2.75, 3.05) is 18.5 Å². The molecule has 2 heterocycles. The largest absolute Gasteiger partial charge is 0.379 e. The molecular weight excluding hydrogens is 290 g/mol. The zero-order valence-corrected chi connectivity index (χ0v) is 12.0. The van der Waals surface area contributed by atoms with Crippen LogP contribution < -0.4 is 11.1 Å². The van der Waals surface area contributed by atoms with Crippen LogP contribution >= 0.6 is 11.8 Å². The lowest BCUT2D eigenvalue weighted by atomic mass is 9.99. The van der Waals surface area contributed by atoms with Crippen LogP contribution in [0.25, 0.3) is 0 Å². The molecule has 1 aromatic heterocycles. The van der Waals surface area contributed by atoms with Gasteiger partial charge in [-0.2, -0.15) is 5.10 Å².